The lowest BCUT2D eigenvalue weighted by molar-refractivity contribution is -0.133. The van der Waals surface area contributed by atoms with Crippen LogP contribution in [-0.2, 0) is 16.1 Å². The number of carbonyl (C=O) groups is 3. The van der Waals surface area contributed by atoms with E-state index in [1.807, 2.05) is 35.2 Å². The van der Waals surface area contributed by atoms with E-state index in [1.165, 1.54) is 0 Å². The minimum absolute atomic E-state index is 0.0435. The molecule has 0 saturated carbocycles. The van der Waals surface area contributed by atoms with Gasteiger partial charge >= 0.3 is 6.03 Å². The molecule has 1 fully saturated rings. The molecule has 0 radical (unpaired) electrons. The Hall–Kier alpha value is -3.10. The lowest BCUT2D eigenvalue weighted by atomic mass is 10.0. The molecule has 0 bridgehead atoms. The molecule has 1 aliphatic rings. The van der Waals surface area contributed by atoms with Gasteiger partial charge in [-0.15, -0.1) is 0 Å². The van der Waals surface area contributed by atoms with Crippen molar-refractivity contribution in [2.75, 3.05) is 32.7 Å². The normalized spacial score (nSPS) is 15.1. The number of rotatable bonds is 8. The van der Waals surface area contributed by atoms with Crippen LogP contribution in [0.15, 0.2) is 54.6 Å². The van der Waals surface area contributed by atoms with Gasteiger partial charge in [0, 0.05) is 37.7 Å². The summed E-state index contributed by atoms with van der Waals surface area (Å²) in [6.45, 7) is 3.01. The fourth-order valence-corrected chi connectivity index (χ4v) is 3.95. The number of nitrogens with one attached hydrogen (secondary N) is 2. The molecule has 1 heterocycles. The van der Waals surface area contributed by atoms with Gasteiger partial charge in [-0.3, -0.25) is 14.5 Å². The summed E-state index contributed by atoms with van der Waals surface area (Å²) in [7, 11) is 0. The van der Waals surface area contributed by atoms with Crippen LogP contribution in [0.3, 0.4) is 0 Å². The molecule has 4 N–H and O–H groups in total. The first-order valence-electron chi connectivity index (χ1n) is 10.5. The zero-order valence-electron chi connectivity index (χ0n) is 17.8. The van der Waals surface area contributed by atoms with Crippen molar-refractivity contribution in [2.24, 2.45) is 5.73 Å². The number of hydrogen-bond acceptors (Lipinski definition) is 4. The fraction of sp³-hybridized carbons (Fsp3) is 0.348. The number of piperazine rings is 1. The Morgan fingerprint density at radius 1 is 0.969 bits per heavy atom. The van der Waals surface area contributed by atoms with E-state index >= 15 is 0 Å². The van der Waals surface area contributed by atoms with Crippen LogP contribution in [0.5, 0.6) is 0 Å². The van der Waals surface area contributed by atoms with Gasteiger partial charge in [-0.25, -0.2) is 4.79 Å². The second kappa shape index (κ2) is 11.5. The number of primary amides is 1. The molecule has 3 rings (SSSR count). The minimum atomic E-state index is -0.714. The van der Waals surface area contributed by atoms with Crippen molar-refractivity contribution in [3.63, 3.8) is 0 Å². The summed E-state index contributed by atoms with van der Waals surface area (Å²) >= 11 is 6.24. The lowest BCUT2D eigenvalue weighted by Gasteiger charge is -2.35. The van der Waals surface area contributed by atoms with Gasteiger partial charge in [-0.2, -0.15) is 0 Å². The van der Waals surface area contributed by atoms with Gasteiger partial charge in [0.2, 0.25) is 11.8 Å². The number of halogens is 1. The van der Waals surface area contributed by atoms with E-state index in [0.717, 1.165) is 5.56 Å². The Morgan fingerprint density at radius 3 is 2.28 bits per heavy atom. The highest BCUT2D eigenvalue weighted by Gasteiger charge is 2.26. The Bertz CT molecular complexity index is 932. The van der Waals surface area contributed by atoms with E-state index in [2.05, 4.69) is 10.6 Å². The summed E-state index contributed by atoms with van der Waals surface area (Å²) in [6.07, 6.45) is 0.0598. The first-order chi connectivity index (χ1) is 15.4. The summed E-state index contributed by atoms with van der Waals surface area (Å²) in [5.74, 6) is -0.144. The molecule has 170 valence electrons. The Balaban J connectivity index is 1.47. The molecule has 0 aromatic heterocycles. The van der Waals surface area contributed by atoms with E-state index in [0.29, 0.717) is 49.9 Å². The molecule has 1 unspecified atom stereocenters. The molecule has 1 atom stereocenters. The van der Waals surface area contributed by atoms with E-state index < -0.39 is 12.1 Å². The predicted octanol–water partition coefficient (Wildman–Crippen LogP) is 1.90. The molecule has 0 spiro atoms. The van der Waals surface area contributed by atoms with Gasteiger partial charge in [0.15, 0.2) is 0 Å². The van der Waals surface area contributed by atoms with Crippen LogP contribution < -0.4 is 16.4 Å². The highest BCUT2D eigenvalue weighted by atomic mass is 35.5. The van der Waals surface area contributed by atoms with Gasteiger partial charge in [0.1, 0.15) is 0 Å². The Morgan fingerprint density at radius 2 is 1.62 bits per heavy atom. The SMILES string of the molecule is NC(=O)NC(CC(=O)N1CCN(CC(=O)NCc2ccccc2)CC1)c1ccccc1Cl. The largest absolute Gasteiger partial charge is 0.352 e. The lowest BCUT2D eigenvalue weighted by Crippen LogP contribution is -2.51. The third kappa shape index (κ3) is 6.96. The van der Waals surface area contributed by atoms with Crippen molar-refractivity contribution in [1.29, 1.82) is 0 Å². The van der Waals surface area contributed by atoms with Gasteiger partial charge in [-0.1, -0.05) is 60.1 Å². The third-order valence-corrected chi connectivity index (χ3v) is 5.74. The molecular weight excluding hydrogens is 430 g/mol. The van der Waals surface area contributed by atoms with Crippen molar-refractivity contribution >= 4 is 29.4 Å². The summed E-state index contributed by atoms with van der Waals surface area (Å²) in [5, 5.41) is 6.00. The fourth-order valence-electron chi connectivity index (χ4n) is 3.68. The molecular formula is C23H28ClN5O3. The minimum Gasteiger partial charge on any atom is -0.352 e. The smallest absolute Gasteiger partial charge is 0.312 e. The van der Waals surface area contributed by atoms with E-state index in [-0.39, 0.29) is 18.2 Å². The summed E-state index contributed by atoms with van der Waals surface area (Å²) in [4.78, 5) is 40.3. The van der Waals surface area contributed by atoms with Crippen LogP contribution in [0, 0.1) is 0 Å². The summed E-state index contributed by atoms with van der Waals surface area (Å²) in [5.41, 5.74) is 7.00. The van der Waals surface area contributed by atoms with Gasteiger partial charge in [-0.05, 0) is 17.2 Å². The molecule has 1 aliphatic heterocycles. The Kier molecular flexibility index (Phi) is 8.47. The van der Waals surface area contributed by atoms with Gasteiger partial charge < -0.3 is 21.3 Å². The highest BCUT2D eigenvalue weighted by molar-refractivity contribution is 6.31. The second-order valence-electron chi connectivity index (χ2n) is 7.71. The zero-order valence-corrected chi connectivity index (χ0v) is 18.6. The van der Waals surface area contributed by atoms with Crippen molar-refractivity contribution in [3.05, 3.63) is 70.7 Å². The number of nitrogens with two attached hydrogens (primary N) is 1. The first kappa shape index (κ1) is 23.6. The molecule has 8 nitrogen and oxygen atoms in total. The standard InChI is InChI=1S/C23H28ClN5O3/c24-19-9-5-4-8-18(19)20(27-23(25)32)14-22(31)29-12-10-28(11-13-29)16-21(30)26-15-17-6-2-1-3-7-17/h1-9,20H,10-16H2,(H,26,30)(H3,25,27,32). The first-order valence-corrected chi connectivity index (χ1v) is 10.9. The van der Waals surface area contributed by atoms with Crippen LogP contribution in [0.25, 0.3) is 0 Å². The van der Waals surface area contributed by atoms with E-state index in [4.69, 9.17) is 17.3 Å². The molecule has 2 aromatic carbocycles. The van der Waals surface area contributed by atoms with Crippen molar-refractivity contribution in [3.8, 4) is 0 Å². The number of benzene rings is 2. The molecule has 4 amide bonds. The molecule has 0 aliphatic carbocycles. The van der Waals surface area contributed by atoms with Crippen LogP contribution >= 0.6 is 11.6 Å². The summed E-state index contributed by atoms with van der Waals surface area (Å²) < 4.78 is 0. The van der Waals surface area contributed by atoms with Crippen LogP contribution in [-0.4, -0.2) is 60.4 Å². The van der Waals surface area contributed by atoms with Crippen LogP contribution in [0.2, 0.25) is 5.02 Å². The zero-order chi connectivity index (χ0) is 22.9. The molecule has 1 saturated heterocycles. The molecule has 32 heavy (non-hydrogen) atoms. The third-order valence-electron chi connectivity index (χ3n) is 5.40. The second-order valence-corrected chi connectivity index (χ2v) is 8.11. The number of carbonyl (C=O) groups excluding carboxylic acids is 3. The molecule has 2 aromatic rings. The monoisotopic (exact) mass is 457 g/mol. The summed E-state index contributed by atoms with van der Waals surface area (Å²) in [6, 6.07) is 15.5. The number of amides is 4. The number of hydrogen-bond donors (Lipinski definition) is 3. The van der Waals surface area contributed by atoms with Crippen molar-refractivity contribution in [1.82, 2.24) is 20.4 Å². The maximum Gasteiger partial charge on any atom is 0.312 e. The number of nitrogens with zero attached hydrogens (tertiary/aromatic N) is 2. The van der Waals surface area contributed by atoms with Gasteiger partial charge in [0.25, 0.3) is 0 Å². The average Bonchev–Trinajstić information content (AvgIpc) is 2.78. The van der Waals surface area contributed by atoms with Crippen molar-refractivity contribution in [2.45, 2.75) is 19.0 Å². The number of urea groups is 1. The van der Waals surface area contributed by atoms with Gasteiger partial charge in [0.05, 0.1) is 19.0 Å². The van der Waals surface area contributed by atoms with Crippen LogP contribution in [0.1, 0.15) is 23.6 Å². The molecule has 9 heteroatoms. The quantitative estimate of drug-likeness (QED) is 0.562. The highest BCUT2D eigenvalue weighted by Crippen LogP contribution is 2.25. The Labute approximate surface area is 192 Å². The van der Waals surface area contributed by atoms with E-state index in [1.54, 1.807) is 29.2 Å². The predicted molar refractivity (Wildman–Crippen MR) is 123 cm³/mol. The van der Waals surface area contributed by atoms with Crippen molar-refractivity contribution < 1.29 is 14.4 Å². The maximum absolute atomic E-state index is 12.9. The topological polar surface area (TPSA) is 108 Å². The average molecular weight is 458 g/mol. The van der Waals surface area contributed by atoms with E-state index in [9.17, 15) is 14.4 Å². The maximum atomic E-state index is 12.9. The van der Waals surface area contributed by atoms with Crippen LogP contribution in [0.4, 0.5) is 4.79 Å².